The Morgan fingerprint density at radius 3 is 2.70 bits per heavy atom. The summed E-state index contributed by atoms with van der Waals surface area (Å²) in [5.41, 5.74) is 2.71. The van der Waals surface area contributed by atoms with Crippen LogP contribution in [0.1, 0.15) is 28.3 Å². The molecule has 27 heavy (non-hydrogen) atoms. The monoisotopic (exact) mass is 402 g/mol. The summed E-state index contributed by atoms with van der Waals surface area (Å²) in [6.07, 6.45) is 4.77. The molecule has 2 aliphatic rings. The molecular formula is C20H16Cl2N2O3. The van der Waals surface area contributed by atoms with Crippen molar-refractivity contribution in [3.63, 3.8) is 0 Å². The number of allylic oxidation sites excluding steroid dienone is 2. The van der Waals surface area contributed by atoms with Crippen molar-refractivity contribution in [3.05, 3.63) is 69.7 Å². The van der Waals surface area contributed by atoms with Gasteiger partial charge in [-0.15, -0.1) is 0 Å². The molecule has 0 fully saturated rings. The quantitative estimate of drug-likeness (QED) is 0.645. The summed E-state index contributed by atoms with van der Waals surface area (Å²) < 4.78 is 0. The van der Waals surface area contributed by atoms with Crippen LogP contribution < -0.4 is 10.6 Å². The zero-order valence-electron chi connectivity index (χ0n) is 14.1. The van der Waals surface area contributed by atoms with Gasteiger partial charge in [0.25, 0.3) is 5.91 Å². The van der Waals surface area contributed by atoms with Crippen molar-refractivity contribution >= 4 is 46.5 Å². The number of aliphatic carboxylic acids is 1. The van der Waals surface area contributed by atoms with Crippen LogP contribution in [0.5, 0.6) is 0 Å². The first kappa shape index (κ1) is 17.9. The molecule has 5 nitrogen and oxygen atoms in total. The van der Waals surface area contributed by atoms with Gasteiger partial charge in [0.15, 0.2) is 0 Å². The zero-order chi connectivity index (χ0) is 19.1. The lowest BCUT2D eigenvalue weighted by molar-refractivity contribution is -0.139. The van der Waals surface area contributed by atoms with Crippen LogP contribution in [0.25, 0.3) is 0 Å². The van der Waals surface area contributed by atoms with E-state index in [-0.39, 0.29) is 22.8 Å². The summed E-state index contributed by atoms with van der Waals surface area (Å²) in [7, 11) is 0. The van der Waals surface area contributed by atoms with Gasteiger partial charge in [0, 0.05) is 28.2 Å². The fraction of sp³-hybridized carbons (Fsp3) is 0.200. The lowest BCUT2D eigenvalue weighted by atomic mass is 9.79. The number of hydrogen-bond donors (Lipinski definition) is 3. The summed E-state index contributed by atoms with van der Waals surface area (Å²) in [6.45, 7) is 0. The maximum Gasteiger partial charge on any atom is 0.326 e. The van der Waals surface area contributed by atoms with Crippen molar-refractivity contribution in [2.45, 2.75) is 18.4 Å². The van der Waals surface area contributed by atoms with Gasteiger partial charge in [-0.25, -0.2) is 4.79 Å². The average Bonchev–Trinajstić information content (AvgIpc) is 3.10. The molecule has 1 heterocycles. The van der Waals surface area contributed by atoms with Crippen molar-refractivity contribution in [2.24, 2.45) is 5.92 Å². The molecule has 1 aliphatic carbocycles. The Balaban J connectivity index is 1.62. The first-order chi connectivity index (χ1) is 12.9. The van der Waals surface area contributed by atoms with Gasteiger partial charge in [0.2, 0.25) is 0 Å². The molecule has 0 bridgehead atoms. The molecule has 2 aromatic carbocycles. The van der Waals surface area contributed by atoms with Crippen LogP contribution in [0.4, 0.5) is 11.4 Å². The van der Waals surface area contributed by atoms with Gasteiger partial charge in [-0.05, 0) is 48.4 Å². The molecule has 0 aromatic heterocycles. The van der Waals surface area contributed by atoms with Crippen molar-refractivity contribution in [3.8, 4) is 0 Å². The fourth-order valence-electron chi connectivity index (χ4n) is 3.79. The Bertz CT molecular complexity index is 974. The third kappa shape index (κ3) is 3.29. The second-order valence-corrected chi connectivity index (χ2v) is 7.54. The van der Waals surface area contributed by atoms with Gasteiger partial charge in [0.1, 0.15) is 6.04 Å². The highest BCUT2D eigenvalue weighted by Gasteiger charge is 2.40. The molecule has 0 saturated heterocycles. The van der Waals surface area contributed by atoms with E-state index in [9.17, 15) is 14.7 Å². The predicted molar refractivity (Wildman–Crippen MR) is 106 cm³/mol. The molecular weight excluding hydrogens is 387 g/mol. The molecule has 1 amide bonds. The van der Waals surface area contributed by atoms with Gasteiger partial charge < -0.3 is 15.7 Å². The Labute approximate surface area is 166 Å². The minimum absolute atomic E-state index is 0.0123. The van der Waals surface area contributed by atoms with Crippen molar-refractivity contribution in [2.75, 3.05) is 10.6 Å². The summed E-state index contributed by atoms with van der Waals surface area (Å²) in [5.74, 6) is -1.21. The molecule has 138 valence electrons. The van der Waals surface area contributed by atoms with Crippen LogP contribution in [-0.4, -0.2) is 23.0 Å². The normalized spacial score (nSPS) is 22.5. The highest BCUT2D eigenvalue weighted by molar-refractivity contribution is 6.37. The van der Waals surface area contributed by atoms with E-state index in [0.29, 0.717) is 22.7 Å². The fourth-order valence-corrected chi connectivity index (χ4v) is 4.28. The minimum Gasteiger partial charge on any atom is -0.480 e. The number of benzene rings is 2. The number of hydrogen-bond acceptors (Lipinski definition) is 3. The van der Waals surface area contributed by atoms with Gasteiger partial charge in [-0.2, -0.15) is 0 Å². The maximum atomic E-state index is 12.5. The van der Waals surface area contributed by atoms with Crippen LogP contribution >= 0.6 is 23.2 Å². The minimum atomic E-state index is -0.853. The second-order valence-electron chi connectivity index (χ2n) is 6.69. The lowest BCUT2D eigenvalue weighted by Crippen LogP contribution is -2.41. The summed E-state index contributed by atoms with van der Waals surface area (Å²) >= 11 is 12.0. The molecule has 3 atom stereocenters. The number of carboxylic acid groups (broad SMARTS) is 1. The number of nitrogens with one attached hydrogen (secondary N) is 2. The van der Waals surface area contributed by atoms with Crippen LogP contribution in [0, 0.1) is 5.92 Å². The number of carbonyl (C=O) groups is 2. The first-order valence-electron chi connectivity index (χ1n) is 8.50. The molecule has 4 rings (SSSR count). The van der Waals surface area contributed by atoms with Crippen LogP contribution in [0.2, 0.25) is 10.0 Å². The highest BCUT2D eigenvalue weighted by Crippen LogP contribution is 2.45. The van der Waals surface area contributed by atoms with Crippen LogP contribution in [0.3, 0.4) is 0 Å². The predicted octanol–water partition coefficient (Wildman–Crippen LogP) is 4.78. The smallest absolute Gasteiger partial charge is 0.326 e. The lowest BCUT2D eigenvalue weighted by Gasteiger charge is -2.35. The molecule has 0 spiro atoms. The van der Waals surface area contributed by atoms with E-state index < -0.39 is 12.0 Å². The van der Waals surface area contributed by atoms with E-state index in [0.717, 1.165) is 11.3 Å². The Morgan fingerprint density at radius 1 is 1.15 bits per heavy atom. The Hall–Kier alpha value is -2.50. The van der Waals surface area contributed by atoms with Crippen molar-refractivity contribution in [1.29, 1.82) is 0 Å². The maximum absolute atomic E-state index is 12.5. The number of halogens is 2. The topological polar surface area (TPSA) is 78.4 Å². The molecule has 0 saturated carbocycles. The average molecular weight is 403 g/mol. The van der Waals surface area contributed by atoms with Crippen molar-refractivity contribution in [1.82, 2.24) is 0 Å². The van der Waals surface area contributed by atoms with E-state index in [2.05, 4.69) is 10.6 Å². The van der Waals surface area contributed by atoms with Crippen LogP contribution in [0.15, 0.2) is 48.6 Å². The standard InChI is InChI=1S/C20H16Cl2N2O3/c21-10-4-6-14(16(22)8-10)19(25)23-11-5-7-17-15(9-11)12-2-1-3-13(12)18(24-17)20(26)27/h1-2,4-9,12-13,18,24H,3H2,(H,23,25)(H,26,27)/t12-,13+,18-/m0/s1. The van der Waals surface area contributed by atoms with Gasteiger partial charge in [-0.3, -0.25) is 4.79 Å². The van der Waals surface area contributed by atoms with E-state index in [1.165, 1.54) is 6.07 Å². The molecule has 1 aliphatic heterocycles. The molecule has 0 radical (unpaired) electrons. The number of anilines is 2. The van der Waals surface area contributed by atoms with E-state index in [1.807, 2.05) is 18.2 Å². The van der Waals surface area contributed by atoms with Crippen LogP contribution in [-0.2, 0) is 4.79 Å². The second kappa shape index (κ2) is 6.91. The van der Waals surface area contributed by atoms with Gasteiger partial charge >= 0.3 is 5.97 Å². The third-order valence-corrected chi connectivity index (χ3v) is 5.61. The van der Waals surface area contributed by atoms with E-state index >= 15 is 0 Å². The molecule has 3 N–H and O–H groups in total. The number of rotatable bonds is 3. The zero-order valence-corrected chi connectivity index (χ0v) is 15.6. The highest BCUT2D eigenvalue weighted by atomic mass is 35.5. The number of amides is 1. The number of carboxylic acids is 1. The summed E-state index contributed by atoms with van der Waals surface area (Å²) in [6, 6.07) is 9.51. The first-order valence-corrected chi connectivity index (χ1v) is 9.26. The van der Waals surface area contributed by atoms with Crippen molar-refractivity contribution < 1.29 is 14.7 Å². The van der Waals surface area contributed by atoms with Gasteiger partial charge in [0.05, 0.1) is 10.6 Å². The largest absolute Gasteiger partial charge is 0.480 e. The van der Waals surface area contributed by atoms with E-state index in [4.69, 9.17) is 23.2 Å². The summed E-state index contributed by atoms with van der Waals surface area (Å²) in [5, 5.41) is 16.2. The SMILES string of the molecule is O=C(Nc1ccc2c(c1)[C@H]1C=CC[C@H]1[C@@H](C(=O)O)N2)c1ccc(Cl)cc1Cl. The van der Waals surface area contributed by atoms with Gasteiger partial charge in [-0.1, -0.05) is 35.4 Å². The van der Waals surface area contributed by atoms with E-state index in [1.54, 1.807) is 24.3 Å². The Kier molecular flexibility index (Phi) is 4.58. The number of fused-ring (bicyclic) bond motifs is 3. The molecule has 2 aromatic rings. The number of carbonyl (C=O) groups excluding carboxylic acids is 1. The summed E-state index contributed by atoms with van der Waals surface area (Å²) in [4.78, 5) is 24.1. The molecule has 0 unspecified atom stereocenters. The third-order valence-electron chi connectivity index (χ3n) is 5.06. The molecule has 7 heteroatoms. The Morgan fingerprint density at radius 2 is 1.96 bits per heavy atom.